The molecule has 3 aromatic carbocycles. The van der Waals surface area contributed by atoms with Crippen molar-refractivity contribution in [3.05, 3.63) is 87.7 Å². The summed E-state index contributed by atoms with van der Waals surface area (Å²) < 4.78 is 12.5. The van der Waals surface area contributed by atoms with Crippen LogP contribution < -0.4 is 15.0 Å². The van der Waals surface area contributed by atoms with E-state index in [0.29, 0.717) is 38.8 Å². The Kier molecular flexibility index (Phi) is 6.23. The second kappa shape index (κ2) is 9.24. The summed E-state index contributed by atoms with van der Waals surface area (Å²) in [6.45, 7) is 3.82. The fourth-order valence-corrected chi connectivity index (χ4v) is 3.56. The van der Waals surface area contributed by atoms with Gasteiger partial charge in [0.25, 0.3) is 5.56 Å². The number of benzene rings is 3. The van der Waals surface area contributed by atoms with Crippen molar-refractivity contribution >= 4 is 28.7 Å². The quantitative estimate of drug-likeness (QED) is 0.371. The molecule has 32 heavy (non-hydrogen) atoms. The van der Waals surface area contributed by atoms with E-state index in [2.05, 4.69) is 5.10 Å². The lowest BCUT2D eigenvalue weighted by molar-refractivity contribution is 0.230. The molecular formula is C25H22ClN3O3. The average molecular weight is 448 g/mol. The van der Waals surface area contributed by atoms with Gasteiger partial charge in [0.1, 0.15) is 0 Å². The predicted molar refractivity (Wildman–Crippen MR) is 128 cm³/mol. The van der Waals surface area contributed by atoms with E-state index in [-0.39, 0.29) is 11.7 Å². The molecule has 1 heterocycles. The van der Waals surface area contributed by atoms with Gasteiger partial charge in [-0.3, -0.25) is 4.79 Å². The summed E-state index contributed by atoms with van der Waals surface area (Å²) in [5, 5.41) is 5.35. The monoisotopic (exact) mass is 447 g/mol. The summed E-state index contributed by atoms with van der Waals surface area (Å²) in [4.78, 5) is 17.9. The highest BCUT2D eigenvalue weighted by Crippen LogP contribution is 2.36. The van der Waals surface area contributed by atoms with Crippen molar-refractivity contribution in [3.63, 3.8) is 0 Å². The number of fused-ring (bicyclic) bond motifs is 1. The summed E-state index contributed by atoms with van der Waals surface area (Å²) in [6, 6.07) is 20.2. The maximum Gasteiger partial charge on any atom is 0.282 e. The molecule has 0 unspecified atom stereocenters. The Labute approximate surface area is 190 Å². The molecule has 1 aromatic heterocycles. The van der Waals surface area contributed by atoms with Crippen LogP contribution in [0.1, 0.15) is 19.4 Å². The van der Waals surface area contributed by atoms with Crippen LogP contribution in [0.2, 0.25) is 5.02 Å². The third-order valence-electron chi connectivity index (χ3n) is 4.71. The smallest absolute Gasteiger partial charge is 0.282 e. The molecule has 0 spiro atoms. The van der Waals surface area contributed by atoms with E-state index in [4.69, 9.17) is 26.1 Å². The number of rotatable bonds is 6. The van der Waals surface area contributed by atoms with Crippen molar-refractivity contribution in [2.75, 3.05) is 7.11 Å². The maximum absolute atomic E-state index is 13.2. The van der Waals surface area contributed by atoms with E-state index >= 15 is 0 Å². The van der Waals surface area contributed by atoms with Gasteiger partial charge < -0.3 is 9.47 Å². The highest BCUT2D eigenvalue weighted by Gasteiger charge is 2.14. The average Bonchev–Trinajstić information content (AvgIpc) is 2.80. The summed E-state index contributed by atoms with van der Waals surface area (Å²) in [5.41, 5.74) is 1.79. The Hall–Kier alpha value is -3.64. The SMILES string of the molecule is COc1cc(C=Nn2c(-c3ccccc3)nc3ccccc3c2=O)cc(Cl)c1OC(C)C. The molecule has 7 heteroatoms. The zero-order valence-electron chi connectivity index (χ0n) is 17.9. The summed E-state index contributed by atoms with van der Waals surface area (Å²) in [5.74, 6) is 1.40. The fraction of sp³-hybridized carbons (Fsp3) is 0.160. The fourth-order valence-electron chi connectivity index (χ4n) is 3.29. The van der Waals surface area contributed by atoms with Crippen LogP contribution in [0.3, 0.4) is 0 Å². The van der Waals surface area contributed by atoms with Gasteiger partial charge >= 0.3 is 0 Å². The first-order valence-electron chi connectivity index (χ1n) is 10.1. The molecule has 6 nitrogen and oxygen atoms in total. The van der Waals surface area contributed by atoms with E-state index in [9.17, 15) is 4.79 Å². The number of para-hydroxylation sites is 1. The van der Waals surface area contributed by atoms with E-state index in [1.165, 1.54) is 4.68 Å². The number of nitrogens with zero attached hydrogens (tertiary/aromatic N) is 3. The van der Waals surface area contributed by atoms with Crippen molar-refractivity contribution in [1.82, 2.24) is 9.66 Å². The molecule has 0 saturated carbocycles. The summed E-state index contributed by atoms with van der Waals surface area (Å²) >= 11 is 6.43. The lowest BCUT2D eigenvalue weighted by atomic mass is 10.2. The molecule has 4 rings (SSSR count). The van der Waals surface area contributed by atoms with Crippen molar-refractivity contribution in [2.45, 2.75) is 20.0 Å². The first-order chi connectivity index (χ1) is 15.5. The van der Waals surface area contributed by atoms with Crippen LogP contribution in [0, 0.1) is 0 Å². The van der Waals surface area contributed by atoms with Crippen molar-refractivity contribution < 1.29 is 9.47 Å². The number of methoxy groups -OCH3 is 1. The third kappa shape index (κ3) is 4.36. The Bertz CT molecular complexity index is 1350. The number of ether oxygens (including phenoxy) is 2. The van der Waals surface area contributed by atoms with Crippen LogP contribution in [0.15, 0.2) is 76.6 Å². The molecule has 0 amide bonds. The van der Waals surface area contributed by atoms with Crippen molar-refractivity contribution in [3.8, 4) is 22.9 Å². The van der Waals surface area contributed by atoms with Crippen LogP contribution in [0.4, 0.5) is 0 Å². The van der Waals surface area contributed by atoms with Crippen LogP contribution in [0.5, 0.6) is 11.5 Å². The minimum Gasteiger partial charge on any atom is -0.493 e. The van der Waals surface area contributed by atoms with Gasteiger partial charge in [-0.05, 0) is 43.7 Å². The predicted octanol–water partition coefficient (Wildman–Crippen LogP) is 5.39. The minimum atomic E-state index is -0.261. The zero-order chi connectivity index (χ0) is 22.7. The molecule has 0 bridgehead atoms. The third-order valence-corrected chi connectivity index (χ3v) is 4.99. The normalized spacial score (nSPS) is 11.4. The number of aromatic nitrogens is 2. The topological polar surface area (TPSA) is 65.7 Å². The van der Waals surface area contributed by atoms with Crippen LogP contribution in [-0.2, 0) is 0 Å². The second-order valence-corrected chi connectivity index (χ2v) is 7.79. The number of hydrogen-bond acceptors (Lipinski definition) is 5. The highest BCUT2D eigenvalue weighted by molar-refractivity contribution is 6.32. The minimum absolute atomic E-state index is 0.0587. The van der Waals surface area contributed by atoms with Gasteiger partial charge in [0.2, 0.25) is 0 Å². The molecular weight excluding hydrogens is 426 g/mol. The number of halogens is 1. The molecule has 0 saturated heterocycles. The van der Waals surface area contributed by atoms with Gasteiger partial charge in [0, 0.05) is 5.56 Å². The van der Waals surface area contributed by atoms with Gasteiger partial charge in [0.15, 0.2) is 17.3 Å². The van der Waals surface area contributed by atoms with Gasteiger partial charge in [-0.2, -0.15) is 9.78 Å². The number of hydrogen-bond donors (Lipinski definition) is 0. The Morgan fingerprint density at radius 1 is 1.06 bits per heavy atom. The van der Waals surface area contributed by atoms with Gasteiger partial charge in [-0.1, -0.05) is 54.1 Å². The molecule has 0 aliphatic heterocycles. The van der Waals surface area contributed by atoms with Crippen LogP contribution >= 0.6 is 11.6 Å². The van der Waals surface area contributed by atoms with Gasteiger partial charge in [-0.15, -0.1) is 0 Å². The van der Waals surface area contributed by atoms with Crippen molar-refractivity contribution in [1.29, 1.82) is 0 Å². The Morgan fingerprint density at radius 2 is 1.78 bits per heavy atom. The Morgan fingerprint density at radius 3 is 2.50 bits per heavy atom. The maximum atomic E-state index is 13.2. The highest BCUT2D eigenvalue weighted by atomic mass is 35.5. The van der Waals surface area contributed by atoms with Gasteiger partial charge in [0.05, 0.1) is 35.4 Å². The second-order valence-electron chi connectivity index (χ2n) is 7.38. The van der Waals surface area contributed by atoms with E-state index in [1.807, 2.05) is 56.3 Å². The largest absolute Gasteiger partial charge is 0.493 e. The summed E-state index contributed by atoms with van der Waals surface area (Å²) in [7, 11) is 1.55. The molecule has 4 aromatic rings. The van der Waals surface area contributed by atoms with Crippen LogP contribution in [0.25, 0.3) is 22.3 Å². The molecule has 162 valence electrons. The van der Waals surface area contributed by atoms with E-state index in [0.717, 1.165) is 5.56 Å². The molecule has 0 radical (unpaired) electrons. The summed E-state index contributed by atoms with van der Waals surface area (Å²) in [6.07, 6.45) is 1.49. The lowest BCUT2D eigenvalue weighted by Crippen LogP contribution is -2.20. The lowest BCUT2D eigenvalue weighted by Gasteiger charge is -2.15. The van der Waals surface area contributed by atoms with E-state index < -0.39 is 0 Å². The molecule has 0 N–H and O–H groups in total. The van der Waals surface area contributed by atoms with Crippen LogP contribution in [-0.4, -0.2) is 29.1 Å². The standard InChI is InChI=1S/C25H22ClN3O3/c1-16(2)32-23-20(26)13-17(14-22(23)31-3)15-27-29-24(18-9-5-4-6-10-18)28-21-12-8-7-11-19(21)25(29)30/h4-16H,1-3H3. The Balaban J connectivity index is 1.85. The zero-order valence-corrected chi connectivity index (χ0v) is 18.7. The van der Waals surface area contributed by atoms with Gasteiger partial charge in [-0.25, -0.2) is 4.98 Å². The molecule has 0 atom stereocenters. The molecule has 0 fully saturated rings. The van der Waals surface area contributed by atoms with Crippen molar-refractivity contribution in [2.24, 2.45) is 5.10 Å². The first kappa shape index (κ1) is 21.6. The molecule has 0 aliphatic carbocycles. The van der Waals surface area contributed by atoms with E-state index in [1.54, 1.807) is 37.6 Å². The molecule has 0 aliphatic rings. The first-order valence-corrected chi connectivity index (χ1v) is 10.5.